The summed E-state index contributed by atoms with van der Waals surface area (Å²) >= 11 is 0. The molecule has 0 fully saturated rings. The number of hydrogen-bond donors (Lipinski definition) is 0. The molecule has 1 atom stereocenters. The number of allylic oxidation sites excluding steroid dienone is 3. The first-order valence-corrected chi connectivity index (χ1v) is 5.60. The van der Waals surface area contributed by atoms with E-state index in [2.05, 4.69) is 30.4 Å². The van der Waals surface area contributed by atoms with Crippen LogP contribution in [0.2, 0.25) is 0 Å². The fourth-order valence-electron chi connectivity index (χ4n) is 1.19. The maximum atomic E-state index is 4.48. The molecule has 1 aliphatic rings. The van der Waals surface area contributed by atoms with E-state index in [1.807, 2.05) is 32.9 Å². The Morgan fingerprint density at radius 1 is 1.20 bits per heavy atom. The van der Waals surface area contributed by atoms with Crippen molar-refractivity contribution >= 4 is 11.4 Å². The molecule has 1 aliphatic heterocycles. The summed E-state index contributed by atoms with van der Waals surface area (Å²) in [5, 5.41) is 0. The topological polar surface area (TPSA) is 24.7 Å². The van der Waals surface area contributed by atoms with Crippen LogP contribution in [0.15, 0.2) is 34.8 Å². The van der Waals surface area contributed by atoms with E-state index < -0.39 is 0 Å². The molecule has 0 amide bonds. The van der Waals surface area contributed by atoms with E-state index in [-0.39, 0.29) is 6.17 Å². The van der Waals surface area contributed by atoms with Crippen LogP contribution in [0.3, 0.4) is 0 Å². The zero-order valence-corrected chi connectivity index (χ0v) is 10.5. The molecular formula is C13H22N2. The molecule has 0 aromatic rings. The van der Waals surface area contributed by atoms with E-state index in [0.29, 0.717) is 5.92 Å². The third-order valence-corrected chi connectivity index (χ3v) is 1.92. The van der Waals surface area contributed by atoms with E-state index in [4.69, 9.17) is 0 Å². The highest BCUT2D eigenvalue weighted by Crippen LogP contribution is 2.15. The Hall–Kier alpha value is -1.18. The average Bonchev–Trinajstić information content (AvgIpc) is 2.65. The lowest BCUT2D eigenvalue weighted by atomic mass is 10.2. The van der Waals surface area contributed by atoms with Gasteiger partial charge in [-0.25, -0.2) is 0 Å². The Morgan fingerprint density at radius 2 is 1.73 bits per heavy atom. The minimum Gasteiger partial charge on any atom is -0.256 e. The molecule has 0 aromatic heterocycles. The number of rotatable bonds is 3. The van der Waals surface area contributed by atoms with Gasteiger partial charge >= 0.3 is 0 Å². The number of hydrogen-bond acceptors (Lipinski definition) is 2. The van der Waals surface area contributed by atoms with Gasteiger partial charge in [-0.1, -0.05) is 40.3 Å². The predicted molar refractivity (Wildman–Crippen MR) is 69.9 cm³/mol. The normalized spacial score (nSPS) is 19.7. The Morgan fingerprint density at radius 3 is 2.13 bits per heavy atom. The second-order valence-electron chi connectivity index (χ2n) is 3.39. The Bertz CT molecular complexity index is 283. The van der Waals surface area contributed by atoms with Crippen molar-refractivity contribution in [1.82, 2.24) is 0 Å². The average molecular weight is 206 g/mol. The van der Waals surface area contributed by atoms with Gasteiger partial charge in [0, 0.05) is 0 Å². The van der Waals surface area contributed by atoms with Crippen LogP contribution in [-0.4, -0.2) is 17.6 Å². The molecule has 1 heterocycles. The second kappa shape index (κ2) is 7.16. The Kier molecular flexibility index (Phi) is 6.59. The van der Waals surface area contributed by atoms with Gasteiger partial charge in [-0.05, 0) is 25.0 Å². The first-order valence-electron chi connectivity index (χ1n) is 5.60. The molecule has 0 radical (unpaired) electrons. The zero-order valence-electron chi connectivity index (χ0n) is 10.5. The van der Waals surface area contributed by atoms with E-state index >= 15 is 0 Å². The Labute approximate surface area is 93.5 Å². The fraction of sp³-hybridized carbons (Fsp3) is 0.538. The van der Waals surface area contributed by atoms with E-state index in [0.717, 1.165) is 11.4 Å². The SMILES string of the molecule is C=CC1=NC(C(C)C)N=C1/C=C\C.CC. The van der Waals surface area contributed by atoms with Gasteiger partial charge in [-0.3, -0.25) is 9.98 Å². The van der Waals surface area contributed by atoms with Crippen molar-refractivity contribution in [3.05, 3.63) is 24.8 Å². The molecule has 0 spiro atoms. The monoisotopic (exact) mass is 206 g/mol. The molecule has 0 aromatic carbocycles. The van der Waals surface area contributed by atoms with Gasteiger partial charge in [-0.15, -0.1) is 0 Å². The first kappa shape index (κ1) is 13.8. The van der Waals surface area contributed by atoms with Crippen LogP contribution in [0, 0.1) is 5.92 Å². The summed E-state index contributed by atoms with van der Waals surface area (Å²) in [6.45, 7) is 13.9. The predicted octanol–water partition coefficient (Wildman–Crippen LogP) is 3.65. The summed E-state index contributed by atoms with van der Waals surface area (Å²) in [5.41, 5.74) is 1.87. The second-order valence-corrected chi connectivity index (χ2v) is 3.39. The van der Waals surface area contributed by atoms with Crippen molar-refractivity contribution in [3.63, 3.8) is 0 Å². The maximum Gasteiger partial charge on any atom is 0.143 e. The van der Waals surface area contributed by atoms with E-state index in [9.17, 15) is 0 Å². The zero-order chi connectivity index (χ0) is 11.8. The highest BCUT2D eigenvalue weighted by Gasteiger charge is 2.19. The molecule has 0 N–H and O–H groups in total. The van der Waals surface area contributed by atoms with Crippen LogP contribution in [-0.2, 0) is 0 Å². The lowest BCUT2D eigenvalue weighted by molar-refractivity contribution is 0.521. The molecule has 2 heteroatoms. The molecule has 0 aliphatic carbocycles. The molecule has 1 rings (SSSR count). The minimum atomic E-state index is 0.0826. The van der Waals surface area contributed by atoms with Crippen molar-refractivity contribution in [2.24, 2.45) is 15.9 Å². The smallest absolute Gasteiger partial charge is 0.143 e. The largest absolute Gasteiger partial charge is 0.256 e. The van der Waals surface area contributed by atoms with Crippen molar-refractivity contribution < 1.29 is 0 Å². The lowest BCUT2D eigenvalue weighted by Crippen LogP contribution is -2.06. The van der Waals surface area contributed by atoms with E-state index in [1.165, 1.54) is 0 Å². The summed E-state index contributed by atoms with van der Waals surface area (Å²) < 4.78 is 0. The molecular weight excluding hydrogens is 184 g/mol. The third kappa shape index (κ3) is 3.82. The molecule has 84 valence electrons. The standard InChI is InChI=1S/C11H16N2.C2H6/c1-5-7-10-9(6-2)12-11(13-10)8(3)4;1-2/h5-8,11H,2H2,1,3-4H3;1-2H3/b7-5-;. The Balaban J connectivity index is 0.000000921. The number of aliphatic imine (C=N–C) groups is 2. The quantitative estimate of drug-likeness (QED) is 0.673. The van der Waals surface area contributed by atoms with Crippen LogP contribution >= 0.6 is 0 Å². The summed E-state index contributed by atoms with van der Waals surface area (Å²) in [6.07, 6.45) is 5.80. The summed E-state index contributed by atoms with van der Waals surface area (Å²) in [5.74, 6) is 0.456. The third-order valence-electron chi connectivity index (χ3n) is 1.92. The maximum absolute atomic E-state index is 4.48. The van der Waals surface area contributed by atoms with Crippen molar-refractivity contribution in [2.45, 2.75) is 40.8 Å². The van der Waals surface area contributed by atoms with Gasteiger partial charge in [0.15, 0.2) is 0 Å². The van der Waals surface area contributed by atoms with E-state index in [1.54, 1.807) is 6.08 Å². The summed E-state index contributed by atoms with van der Waals surface area (Å²) in [4.78, 5) is 8.93. The van der Waals surface area contributed by atoms with Gasteiger partial charge < -0.3 is 0 Å². The minimum absolute atomic E-state index is 0.0826. The van der Waals surface area contributed by atoms with Gasteiger partial charge in [0.25, 0.3) is 0 Å². The van der Waals surface area contributed by atoms with Crippen LogP contribution in [0.1, 0.15) is 34.6 Å². The van der Waals surface area contributed by atoms with Crippen LogP contribution in [0.5, 0.6) is 0 Å². The van der Waals surface area contributed by atoms with Gasteiger partial charge in [-0.2, -0.15) is 0 Å². The van der Waals surface area contributed by atoms with Gasteiger partial charge in [0.2, 0.25) is 0 Å². The lowest BCUT2D eigenvalue weighted by Gasteiger charge is -2.05. The molecule has 0 bridgehead atoms. The van der Waals surface area contributed by atoms with Crippen molar-refractivity contribution in [3.8, 4) is 0 Å². The summed E-state index contributed by atoms with van der Waals surface area (Å²) in [7, 11) is 0. The highest BCUT2D eigenvalue weighted by molar-refractivity contribution is 6.51. The van der Waals surface area contributed by atoms with Gasteiger partial charge in [0.1, 0.15) is 6.17 Å². The van der Waals surface area contributed by atoms with Crippen LogP contribution < -0.4 is 0 Å². The fourth-order valence-corrected chi connectivity index (χ4v) is 1.19. The molecule has 0 saturated heterocycles. The first-order chi connectivity index (χ1) is 7.19. The summed E-state index contributed by atoms with van der Waals surface area (Å²) in [6, 6.07) is 0. The van der Waals surface area contributed by atoms with Crippen molar-refractivity contribution in [2.75, 3.05) is 0 Å². The van der Waals surface area contributed by atoms with Crippen LogP contribution in [0.25, 0.3) is 0 Å². The van der Waals surface area contributed by atoms with Crippen molar-refractivity contribution in [1.29, 1.82) is 0 Å². The number of nitrogens with zero attached hydrogens (tertiary/aromatic N) is 2. The molecule has 0 saturated carbocycles. The molecule has 1 unspecified atom stereocenters. The molecule has 2 nitrogen and oxygen atoms in total. The highest BCUT2D eigenvalue weighted by atomic mass is 15.1. The molecule has 15 heavy (non-hydrogen) atoms. The van der Waals surface area contributed by atoms with Crippen LogP contribution in [0.4, 0.5) is 0 Å². The van der Waals surface area contributed by atoms with Gasteiger partial charge in [0.05, 0.1) is 11.4 Å².